The van der Waals surface area contributed by atoms with Crippen molar-refractivity contribution in [2.75, 3.05) is 32.6 Å². The normalized spacial score (nSPS) is 21.5. The molecule has 10 nitrogen and oxygen atoms in total. The minimum Gasteiger partial charge on any atom is -0.495 e. The number of para-hydroxylation sites is 1. The molecule has 0 bridgehead atoms. The Morgan fingerprint density at radius 2 is 2.05 bits per heavy atom. The number of hydrogen-bond donors (Lipinski definition) is 3. The van der Waals surface area contributed by atoms with E-state index < -0.39 is 10.0 Å². The van der Waals surface area contributed by atoms with Crippen LogP contribution < -0.4 is 15.4 Å². The van der Waals surface area contributed by atoms with Crippen molar-refractivity contribution in [2.24, 2.45) is 4.99 Å². The van der Waals surface area contributed by atoms with Crippen molar-refractivity contribution in [3.8, 4) is 0 Å². The van der Waals surface area contributed by atoms with Crippen molar-refractivity contribution in [3.63, 3.8) is 0 Å². The van der Waals surface area contributed by atoms with Crippen molar-refractivity contribution in [3.05, 3.63) is 59.5 Å². The Kier molecular flexibility index (Phi) is 8.60. The van der Waals surface area contributed by atoms with Crippen LogP contribution >= 0.6 is 11.6 Å². The largest absolute Gasteiger partial charge is 0.495 e. The third-order valence-electron chi connectivity index (χ3n) is 6.07. The zero-order valence-electron chi connectivity index (χ0n) is 21.3. The molecular weight excluding hydrogens is 514 g/mol. The van der Waals surface area contributed by atoms with E-state index >= 15 is 0 Å². The van der Waals surface area contributed by atoms with Crippen LogP contribution in [-0.2, 0) is 14.8 Å². The number of aromatic nitrogens is 2. The first-order valence-electron chi connectivity index (χ1n) is 12.1. The summed E-state index contributed by atoms with van der Waals surface area (Å²) in [7, 11) is -0.157. The zero-order valence-corrected chi connectivity index (χ0v) is 22.8. The molecule has 2 aromatic rings. The van der Waals surface area contributed by atoms with E-state index in [4.69, 9.17) is 16.3 Å². The van der Waals surface area contributed by atoms with Crippen LogP contribution in [0, 0.1) is 0 Å². The van der Waals surface area contributed by atoms with Crippen LogP contribution in [-0.4, -0.2) is 74.4 Å². The first kappa shape index (κ1) is 27.2. The number of ether oxygens (including phenoxy) is 1. The average Bonchev–Trinajstić information content (AvgIpc) is 3.35. The Morgan fingerprint density at radius 1 is 1.27 bits per heavy atom. The van der Waals surface area contributed by atoms with E-state index in [-0.39, 0.29) is 33.8 Å². The van der Waals surface area contributed by atoms with Crippen molar-refractivity contribution < 1.29 is 13.2 Å². The van der Waals surface area contributed by atoms with Gasteiger partial charge in [0, 0.05) is 25.2 Å². The number of methoxy groups -OCH3 is 1. The Bertz CT molecular complexity index is 1330. The maximum Gasteiger partial charge on any atom is 0.252 e. The molecule has 2 aliphatic rings. The number of halogens is 1. The van der Waals surface area contributed by atoms with Gasteiger partial charge in [-0.3, -0.25) is 4.90 Å². The van der Waals surface area contributed by atoms with Gasteiger partial charge in [-0.15, -0.1) is 0 Å². The van der Waals surface area contributed by atoms with Crippen molar-refractivity contribution in [1.29, 1.82) is 0 Å². The number of anilines is 2. The lowest BCUT2D eigenvalue weighted by Gasteiger charge is -2.25. The van der Waals surface area contributed by atoms with E-state index in [0.717, 1.165) is 19.5 Å². The number of allylic oxidation sites excluding steroid dienone is 1. The molecule has 0 amide bonds. The van der Waals surface area contributed by atoms with Gasteiger partial charge in [0.25, 0.3) is 5.95 Å². The van der Waals surface area contributed by atoms with E-state index in [1.807, 2.05) is 19.2 Å². The van der Waals surface area contributed by atoms with E-state index in [1.54, 1.807) is 39.2 Å². The fourth-order valence-corrected chi connectivity index (χ4v) is 5.82. The maximum atomic E-state index is 12.8. The summed E-state index contributed by atoms with van der Waals surface area (Å²) in [5.41, 5.74) is 0.915. The highest BCUT2D eigenvalue weighted by Crippen LogP contribution is 2.29. The van der Waals surface area contributed by atoms with Gasteiger partial charge in [0.2, 0.25) is 10.0 Å². The summed E-state index contributed by atoms with van der Waals surface area (Å²) in [6.07, 6.45) is 8.55. The summed E-state index contributed by atoms with van der Waals surface area (Å²) in [5.74, 6) is 1.02. The van der Waals surface area contributed by atoms with Crippen LogP contribution in [0.15, 0.2) is 64.3 Å². The minimum atomic E-state index is -3.75. The molecule has 1 saturated heterocycles. The molecule has 0 radical (unpaired) electrons. The Hall–Kier alpha value is -2.83. The molecule has 1 aromatic carbocycles. The molecule has 4 rings (SSSR count). The zero-order chi connectivity index (χ0) is 26.6. The van der Waals surface area contributed by atoms with Crippen LogP contribution in [0.3, 0.4) is 0 Å². The van der Waals surface area contributed by atoms with Crippen LogP contribution in [0.5, 0.6) is 0 Å². The van der Waals surface area contributed by atoms with Gasteiger partial charge < -0.3 is 15.4 Å². The molecule has 12 heteroatoms. The van der Waals surface area contributed by atoms with Crippen molar-refractivity contribution in [2.45, 2.75) is 43.3 Å². The van der Waals surface area contributed by atoms with E-state index in [2.05, 4.69) is 41.3 Å². The number of aliphatic imine (C=N–C) groups is 1. The Labute approximate surface area is 222 Å². The van der Waals surface area contributed by atoms with Crippen molar-refractivity contribution in [1.82, 2.24) is 24.9 Å². The lowest BCUT2D eigenvalue weighted by atomic mass is 10.1. The number of benzene rings is 1. The van der Waals surface area contributed by atoms with Gasteiger partial charge in [-0.25, -0.2) is 23.1 Å². The summed E-state index contributed by atoms with van der Waals surface area (Å²) in [4.78, 5) is 15.7. The number of likely N-dealkylation sites (tertiary alicyclic amines) is 1. The summed E-state index contributed by atoms with van der Waals surface area (Å²) in [6, 6.07) is 6.88. The third-order valence-corrected chi connectivity index (χ3v) is 8.06. The lowest BCUT2D eigenvalue weighted by Crippen LogP contribution is -2.36. The van der Waals surface area contributed by atoms with Gasteiger partial charge in [0.1, 0.15) is 21.4 Å². The molecule has 2 atom stereocenters. The topological polar surface area (TPSA) is 121 Å². The van der Waals surface area contributed by atoms with E-state index in [0.29, 0.717) is 23.2 Å². The second-order valence-corrected chi connectivity index (χ2v) is 11.2. The number of hydrogen-bond acceptors (Lipinski definition) is 9. The second-order valence-electron chi connectivity index (χ2n) is 9.11. The molecular formula is C25H32ClN7O3S. The second kappa shape index (κ2) is 11.7. The molecule has 0 spiro atoms. The van der Waals surface area contributed by atoms with Gasteiger partial charge in [-0.2, -0.15) is 4.98 Å². The molecule has 1 aliphatic carbocycles. The van der Waals surface area contributed by atoms with Gasteiger partial charge in [0.15, 0.2) is 5.82 Å². The molecule has 1 aliphatic heterocycles. The smallest absolute Gasteiger partial charge is 0.252 e. The fraction of sp³-hybridized carbons (Fsp3) is 0.400. The van der Waals surface area contributed by atoms with Gasteiger partial charge in [0.05, 0.1) is 25.0 Å². The fourth-order valence-electron chi connectivity index (χ4n) is 4.27. The summed E-state index contributed by atoms with van der Waals surface area (Å²) in [6.45, 7) is 5.48. The average molecular weight is 546 g/mol. The first-order valence-corrected chi connectivity index (χ1v) is 13.9. The highest BCUT2D eigenvalue weighted by molar-refractivity contribution is 7.89. The molecule has 1 unspecified atom stereocenters. The standard InChI is InChI=1S/C25H32ClN7O3S/c1-16(2)32-37(34,35)23-8-6-5-7-21(23)29-24-19(26)14-28-25(31-24)30-20-10-9-18(13-22(20)36-4)33-12-11-17(15-33)27-3/h5-10,13-14,16-18,27,32H,11-12,15H2,1-4H3,(H,28,29,31)/b30-20+/t17-,18?/m1/s1. The maximum absolute atomic E-state index is 12.8. The Morgan fingerprint density at radius 3 is 2.76 bits per heavy atom. The molecule has 1 fully saturated rings. The third kappa shape index (κ3) is 6.55. The molecule has 2 heterocycles. The van der Waals surface area contributed by atoms with E-state index in [9.17, 15) is 8.42 Å². The van der Waals surface area contributed by atoms with Crippen LogP contribution in [0.1, 0.15) is 20.3 Å². The molecule has 198 valence electrons. The highest BCUT2D eigenvalue weighted by Gasteiger charge is 2.27. The number of likely N-dealkylation sites (N-methyl/N-ethyl adjacent to an activating group) is 1. The van der Waals surface area contributed by atoms with Crippen LogP contribution in [0.2, 0.25) is 5.02 Å². The van der Waals surface area contributed by atoms with Crippen LogP contribution in [0.4, 0.5) is 17.5 Å². The SMILES string of the molecule is CN[C@@H]1CCN(C2C=C/C(=N\c3ncc(Cl)c(Nc4ccccc4S(=O)(=O)NC(C)C)n3)C(OC)=C2)C1. The number of sulfonamides is 1. The van der Waals surface area contributed by atoms with Crippen LogP contribution in [0.25, 0.3) is 0 Å². The summed E-state index contributed by atoms with van der Waals surface area (Å²) in [5, 5.41) is 6.59. The lowest BCUT2D eigenvalue weighted by molar-refractivity contribution is 0.285. The number of rotatable bonds is 9. The first-order chi connectivity index (χ1) is 17.7. The predicted molar refractivity (Wildman–Crippen MR) is 146 cm³/mol. The minimum absolute atomic E-state index is 0.0829. The quantitative estimate of drug-likeness (QED) is 0.438. The molecule has 3 N–H and O–H groups in total. The molecule has 1 aromatic heterocycles. The monoisotopic (exact) mass is 545 g/mol. The number of nitrogens with one attached hydrogen (secondary N) is 3. The highest BCUT2D eigenvalue weighted by atomic mass is 35.5. The summed E-state index contributed by atoms with van der Waals surface area (Å²) < 4.78 is 33.9. The van der Waals surface area contributed by atoms with Gasteiger partial charge in [-0.05, 0) is 51.6 Å². The molecule has 37 heavy (non-hydrogen) atoms. The molecule has 0 saturated carbocycles. The van der Waals surface area contributed by atoms with Gasteiger partial charge >= 0.3 is 0 Å². The van der Waals surface area contributed by atoms with Crippen molar-refractivity contribution >= 4 is 44.8 Å². The van der Waals surface area contributed by atoms with E-state index in [1.165, 1.54) is 12.3 Å². The number of nitrogens with zero attached hydrogens (tertiary/aromatic N) is 4. The predicted octanol–water partition coefficient (Wildman–Crippen LogP) is 3.40. The Balaban J connectivity index is 1.58. The van der Waals surface area contributed by atoms with Gasteiger partial charge in [-0.1, -0.05) is 29.8 Å². The summed E-state index contributed by atoms with van der Waals surface area (Å²) >= 11 is 6.35.